The fraction of sp³-hybridized carbons (Fsp3) is 0.375. The number of likely N-dealkylation sites (tertiary alicyclic amines) is 1. The van der Waals surface area contributed by atoms with Gasteiger partial charge in [0.15, 0.2) is 0 Å². The third-order valence-corrected chi connectivity index (χ3v) is 5.28. The van der Waals surface area contributed by atoms with Gasteiger partial charge in [0.2, 0.25) is 0 Å². The van der Waals surface area contributed by atoms with E-state index in [2.05, 4.69) is 22.0 Å². The Morgan fingerprint density at radius 1 is 1.48 bits per heavy atom. The van der Waals surface area contributed by atoms with E-state index < -0.39 is 17.3 Å². The second-order valence-electron chi connectivity index (χ2n) is 5.80. The highest BCUT2D eigenvalue weighted by Gasteiger charge is 2.49. The lowest BCUT2D eigenvalue weighted by Gasteiger charge is -2.25. The molecule has 3 rings (SSSR count). The fourth-order valence-electron chi connectivity index (χ4n) is 3.13. The number of nitrogens with zero attached hydrogens (tertiary/aromatic N) is 2. The van der Waals surface area contributed by atoms with Crippen LogP contribution in [0, 0.1) is 5.92 Å². The zero-order chi connectivity index (χ0) is 14.9. The summed E-state index contributed by atoms with van der Waals surface area (Å²) in [4.78, 5) is 18.3. The topological polar surface area (TPSA) is 53.4 Å². The van der Waals surface area contributed by atoms with Gasteiger partial charge in [0, 0.05) is 36.6 Å². The molecule has 1 saturated heterocycles. The minimum Gasteiger partial charge on any atom is -0.481 e. The number of carbonyl (C=O) groups is 1. The highest BCUT2D eigenvalue weighted by atomic mass is 32.1. The Labute approximate surface area is 128 Å². The smallest absolute Gasteiger partial charge is 0.308 e. The van der Waals surface area contributed by atoms with Crippen molar-refractivity contribution >= 4 is 17.3 Å². The van der Waals surface area contributed by atoms with Gasteiger partial charge in [-0.3, -0.25) is 9.69 Å². The van der Waals surface area contributed by atoms with Crippen molar-refractivity contribution < 1.29 is 9.90 Å². The minimum atomic E-state index is -0.733. The van der Waals surface area contributed by atoms with Crippen molar-refractivity contribution in [1.82, 2.24) is 9.88 Å². The molecule has 1 aromatic heterocycles. The third kappa shape index (κ3) is 2.71. The van der Waals surface area contributed by atoms with E-state index >= 15 is 0 Å². The van der Waals surface area contributed by atoms with Crippen LogP contribution in [0.5, 0.6) is 0 Å². The van der Waals surface area contributed by atoms with E-state index in [1.165, 1.54) is 5.56 Å². The van der Waals surface area contributed by atoms with Crippen LogP contribution < -0.4 is 0 Å². The van der Waals surface area contributed by atoms with E-state index in [9.17, 15) is 9.90 Å². The first kappa shape index (κ1) is 14.2. The first-order valence-corrected chi connectivity index (χ1v) is 7.86. The zero-order valence-electron chi connectivity index (χ0n) is 11.9. The Balaban J connectivity index is 1.83. The van der Waals surface area contributed by atoms with E-state index in [-0.39, 0.29) is 0 Å². The van der Waals surface area contributed by atoms with Crippen molar-refractivity contribution in [3.05, 3.63) is 52.5 Å². The summed E-state index contributed by atoms with van der Waals surface area (Å²) in [6, 6.07) is 10.2. The summed E-state index contributed by atoms with van der Waals surface area (Å²) in [7, 11) is 0. The van der Waals surface area contributed by atoms with Crippen LogP contribution in [-0.4, -0.2) is 34.0 Å². The molecule has 0 amide bonds. The number of hydrogen-bond acceptors (Lipinski definition) is 4. The average Bonchev–Trinajstić information content (AvgIpc) is 3.09. The predicted octanol–water partition coefficient (Wildman–Crippen LogP) is 2.62. The van der Waals surface area contributed by atoms with E-state index in [1.807, 2.05) is 30.5 Å². The van der Waals surface area contributed by atoms with Gasteiger partial charge in [-0.25, -0.2) is 4.98 Å². The first-order valence-electron chi connectivity index (χ1n) is 6.98. The van der Waals surface area contributed by atoms with Gasteiger partial charge < -0.3 is 5.11 Å². The highest BCUT2D eigenvalue weighted by Crippen LogP contribution is 2.40. The molecule has 1 aliphatic heterocycles. The Morgan fingerprint density at radius 2 is 2.24 bits per heavy atom. The lowest BCUT2D eigenvalue weighted by Crippen LogP contribution is -2.36. The SMILES string of the molecule is CC1(c2nccs2)CN(Cc2ccccc2)CC1C(=O)O. The molecule has 1 fully saturated rings. The minimum absolute atomic E-state index is 0.408. The molecular formula is C16H18N2O2S. The maximum Gasteiger partial charge on any atom is 0.308 e. The van der Waals surface area contributed by atoms with Crippen LogP contribution in [0.4, 0.5) is 0 Å². The third-order valence-electron chi connectivity index (χ3n) is 4.23. The fourth-order valence-corrected chi connectivity index (χ4v) is 3.98. The van der Waals surface area contributed by atoms with Crippen LogP contribution in [0.3, 0.4) is 0 Å². The quantitative estimate of drug-likeness (QED) is 0.943. The molecule has 1 aliphatic rings. The lowest BCUT2D eigenvalue weighted by atomic mass is 9.80. The van der Waals surface area contributed by atoms with E-state index in [0.717, 1.165) is 18.1 Å². The number of aromatic nitrogens is 1. The van der Waals surface area contributed by atoms with Crippen molar-refractivity contribution in [3.8, 4) is 0 Å². The molecule has 1 aromatic carbocycles. The molecule has 2 aromatic rings. The predicted molar refractivity (Wildman–Crippen MR) is 82.3 cm³/mol. The van der Waals surface area contributed by atoms with Crippen molar-refractivity contribution in [3.63, 3.8) is 0 Å². The van der Waals surface area contributed by atoms with Gasteiger partial charge in [0.25, 0.3) is 0 Å². The number of carboxylic acid groups (broad SMARTS) is 1. The Hall–Kier alpha value is -1.72. The van der Waals surface area contributed by atoms with Gasteiger partial charge >= 0.3 is 5.97 Å². The maximum absolute atomic E-state index is 11.7. The second-order valence-corrected chi connectivity index (χ2v) is 6.70. The summed E-state index contributed by atoms with van der Waals surface area (Å²) in [5, 5.41) is 12.4. The van der Waals surface area contributed by atoms with E-state index in [4.69, 9.17) is 0 Å². The van der Waals surface area contributed by atoms with Gasteiger partial charge in [0.05, 0.1) is 5.92 Å². The molecule has 2 atom stereocenters. The van der Waals surface area contributed by atoms with Gasteiger partial charge in [-0.15, -0.1) is 11.3 Å². The van der Waals surface area contributed by atoms with E-state index in [1.54, 1.807) is 17.5 Å². The molecule has 110 valence electrons. The van der Waals surface area contributed by atoms with Gasteiger partial charge in [-0.2, -0.15) is 0 Å². The van der Waals surface area contributed by atoms with Crippen molar-refractivity contribution in [1.29, 1.82) is 0 Å². The molecule has 4 nitrogen and oxygen atoms in total. The molecule has 0 bridgehead atoms. The molecule has 0 spiro atoms. The van der Waals surface area contributed by atoms with Crippen LogP contribution in [0.25, 0.3) is 0 Å². The van der Waals surface area contributed by atoms with Crippen molar-refractivity contribution in [2.45, 2.75) is 18.9 Å². The lowest BCUT2D eigenvalue weighted by molar-refractivity contribution is -0.142. The number of aliphatic carboxylic acids is 1. The highest BCUT2D eigenvalue weighted by molar-refractivity contribution is 7.09. The number of rotatable bonds is 4. The van der Waals surface area contributed by atoms with Crippen LogP contribution in [-0.2, 0) is 16.8 Å². The summed E-state index contributed by atoms with van der Waals surface area (Å²) in [5.41, 5.74) is 0.805. The molecule has 0 saturated carbocycles. The number of thiazole rings is 1. The first-order chi connectivity index (χ1) is 10.1. The van der Waals surface area contributed by atoms with Gasteiger partial charge in [-0.1, -0.05) is 37.3 Å². The molecule has 1 N–H and O–H groups in total. The van der Waals surface area contributed by atoms with Crippen LogP contribution in [0.1, 0.15) is 17.5 Å². The monoisotopic (exact) mass is 302 g/mol. The zero-order valence-corrected chi connectivity index (χ0v) is 12.7. The Bertz CT molecular complexity index is 614. The van der Waals surface area contributed by atoms with Crippen molar-refractivity contribution in [2.24, 2.45) is 5.92 Å². The Kier molecular flexibility index (Phi) is 3.78. The number of carboxylic acids is 1. The summed E-state index contributed by atoms with van der Waals surface area (Å²) < 4.78 is 0. The van der Waals surface area contributed by atoms with Crippen LogP contribution in [0.2, 0.25) is 0 Å². The number of benzene rings is 1. The van der Waals surface area contributed by atoms with Crippen LogP contribution >= 0.6 is 11.3 Å². The average molecular weight is 302 g/mol. The molecule has 5 heteroatoms. The molecule has 21 heavy (non-hydrogen) atoms. The van der Waals surface area contributed by atoms with Crippen molar-refractivity contribution in [2.75, 3.05) is 13.1 Å². The largest absolute Gasteiger partial charge is 0.481 e. The molecule has 0 radical (unpaired) electrons. The molecular weight excluding hydrogens is 284 g/mol. The maximum atomic E-state index is 11.7. The molecule has 0 aliphatic carbocycles. The summed E-state index contributed by atoms with van der Waals surface area (Å²) in [6.45, 7) is 4.11. The molecule has 2 heterocycles. The summed E-state index contributed by atoms with van der Waals surface area (Å²) >= 11 is 1.55. The normalized spacial score (nSPS) is 26.0. The van der Waals surface area contributed by atoms with Crippen LogP contribution in [0.15, 0.2) is 41.9 Å². The van der Waals surface area contributed by atoms with Gasteiger partial charge in [-0.05, 0) is 5.56 Å². The van der Waals surface area contributed by atoms with E-state index in [0.29, 0.717) is 6.54 Å². The summed E-state index contributed by atoms with van der Waals surface area (Å²) in [5.74, 6) is -1.14. The Morgan fingerprint density at radius 3 is 2.86 bits per heavy atom. The number of hydrogen-bond donors (Lipinski definition) is 1. The van der Waals surface area contributed by atoms with Gasteiger partial charge in [0.1, 0.15) is 5.01 Å². The summed E-state index contributed by atoms with van der Waals surface area (Å²) in [6.07, 6.45) is 1.75. The second kappa shape index (κ2) is 5.58. The molecule has 2 unspecified atom stereocenters. The standard InChI is InChI=1S/C16H18N2O2S/c1-16(15-17-7-8-21-15)11-18(10-13(16)14(19)20)9-12-5-3-2-4-6-12/h2-8,13H,9-11H2,1H3,(H,19,20).